The highest BCUT2D eigenvalue weighted by Crippen LogP contribution is 2.30. The van der Waals surface area contributed by atoms with Gasteiger partial charge < -0.3 is 4.57 Å². The zero-order chi connectivity index (χ0) is 14.3. The molecule has 1 aliphatic heterocycles. The molecule has 2 heterocycles. The number of carbonyl (C=O) groups excluding carboxylic acids is 2. The number of amides is 2. The second-order valence-corrected chi connectivity index (χ2v) is 5.07. The standard InChI is InChI=1S/C15H15N3O2/c1-10-3-4-12(7-11(10)2)18-14(19)8-13(15(18)20)17-6-5-16-9-17/h3-7,9,13H,8H2,1-2H3/t13-/m0/s1. The van der Waals surface area contributed by atoms with E-state index < -0.39 is 6.04 Å². The van der Waals surface area contributed by atoms with E-state index in [1.807, 2.05) is 32.0 Å². The average molecular weight is 269 g/mol. The molecule has 1 atom stereocenters. The van der Waals surface area contributed by atoms with E-state index in [1.54, 1.807) is 23.3 Å². The molecule has 0 N–H and O–H groups in total. The Morgan fingerprint density at radius 1 is 1.20 bits per heavy atom. The highest BCUT2D eigenvalue weighted by Gasteiger charge is 2.40. The molecule has 20 heavy (non-hydrogen) atoms. The number of rotatable bonds is 2. The van der Waals surface area contributed by atoms with Crippen molar-refractivity contribution < 1.29 is 9.59 Å². The smallest absolute Gasteiger partial charge is 0.257 e. The first-order valence-corrected chi connectivity index (χ1v) is 6.49. The fourth-order valence-electron chi connectivity index (χ4n) is 2.44. The summed E-state index contributed by atoms with van der Waals surface area (Å²) in [5.74, 6) is -0.367. The summed E-state index contributed by atoms with van der Waals surface area (Å²) in [5, 5.41) is 0. The lowest BCUT2D eigenvalue weighted by Crippen LogP contribution is -2.31. The molecule has 0 radical (unpaired) electrons. The van der Waals surface area contributed by atoms with Crippen molar-refractivity contribution in [3.8, 4) is 0 Å². The molecule has 1 saturated heterocycles. The second kappa shape index (κ2) is 4.59. The van der Waals surface area contributed by atoms with Crippen LogP contribution in [-0.4, -0.2) is 21.4 Å². The van der Waals surface area contributed by atoms with Crippen LogP contribution in [0.4, 0.5) is 5.69 Å². The van der Waals surface area contributed by atoms with Crippen molar-refractivity contribution in [3.05, 3.63) is 48.0 Å². The number of aryl methyl sites for hydroxylation is 2. The van der Waals surface area contributed by atoms with Crippen molar-refractivity contribution in [1.29, 1.82) is 0 Å². The molecule has 3 rings (SSSR count). The van der Waals surface area contributed by atoms with Crippen LogP contribution in [0.25, 0.3) is 0 Å². The molecule has 0 saturated carbocycles. The van der Waals surface area contributed by atoms with Crippen LogP contribution in [-0.2, 0) is 9.59 Å². The topological polar surface area (TPSA) is 55.2 Å². The summed E-state index contributed by atoms with van der Waals surface area (Å²) in [7, 11) is 0. The Morgan fingerprint density at radius 3 is 2.65 bits per heavy atom. The molecule has 0 aliphatic carbocycles. The van der Waals surface area contributed by atoms with Gasteiger partial charge in [0.05, 0.1) is 18.4 Å². The van der Waals surface area contributed by atoms with Crippen molar-refractivity contribution in [2.45, 2.75) is 26.3 Å². The summed E-state index contributed by atoms with van der Waals surface area (Å²) >= 11 is 0. The van der Waals surface area contributed by atoms with E-state index in [4.69, 9.17) is 0 Å². The van der Waals surface area contributed by atoms with Gasteiger partial charge in [0, 0.05) is 12.4 Å². The quantitative estimate of drug-likeness (QED) is 0.784. The van der Waals surface area contributed by atoms with Crippen LogP contribution < -0.4 is 4.90 Å². The molecule has 2 amide bonds. The summed E-state index contributed by atoms with van der Waals surface area (Å²) in [4.78, 5) is 29.8. The first kappa shape index (κ1) is 12.6. The SMILES string of the molecule is Cc1ccc(N2C(=O)C[C@H](n3ccnc3)C2=O)cc1C. The molecule has 2 aromatic rings. The summed E-state index contributed by atoms with van der Waals surface area (Å²) in [6.45, 7) is 3.97. The Bertz CT molecular complexity index is 676. The lowest BCUT2D eigenvalue weighted by atomic mass is 10.1. The number of benzene rings is 1. The van der Waals surface area contributed by atoms with Gasteiger partial charge in [0.2, 0.25) is 5.91 Å². The van der Waals surface area contributed by atoms with E-state index >= 15 is 0 Å². The van der Waals surface area contributed by atoms with Crippen LogP contribution in [0.1, 0.15) is 23.6 Å². The van der Waals surface area contributed by atoms with Gasteiger partial charge in [0.25, 0.3) is 5.91 Å². The Labute approximate surface area is 116 Å². The third-order valence-corrected chi connectivity index (χ3v) is 3.76. The Hall–Kier alpha value is -2.43. The number of hydrogen-bond acceptors (Lipinski definition) is 3. The number of anilines is 1. The Kier molecular flexibility index (Phi) is 2.89. The zero-order valence-electron chi connectivity index (χ0n) is 11.4. The van der Waals surface area contributed by atoms with Crippen LogP contribution in [0.5, 0.6) is 0 Å². The van der Waals surface area contributed by atoms with Crippen molar-refractivity contribution >= 4 is 17.5 Å². The van der Waals surface area contributed by atoms with Crippen molar-refractivity contribution in [2.75, 3.05) is 4.90 Å². The molecule has 5 nitrogen and oxygen atoms in total. The number of imidazole rings is 1. The predicted molar refractivity (Wildman–Crippen MR) is 74.3 cm³/mol. The van der Waals surface area contributed by atoms with Crippen LogP contribution in [0.2, 0.25) is 0 Å². The first-order chi connectivity index (χ1) is 9.58. The predicted octanol–water partition coefficient (Wildman–Crippen LogP) is 2.00. The van der Waals surface area contributed by atoms with E-state index in [0.717, 1.165) is 11.1 Å². The van der Waals surface area contributed by atoms with Crippen LogP contribution in [0.3, 0.4) is 0 Å². The molecule has 1 aromatic heterocycles. The maximum Gasteiger partial charge on any atom is 0.257 e. The minimum atomic E-state index is -0.480. The van der Waals surface area contributed by atoms with E-state index in [0.29, 0.717) is 5.69 Å². The Balaban J connectivity index is 1.96. The molecular weight excluding hydrogens is 254 g/mol. The number of nitrogens with zero attached hydrogens (tertiary/aromatic N) is 3. The first-order valence-electron chi connectivity index (χ1n) is 6.49. The van der Waals surface area contributed by atoms with Gasteiger partial charge in [-0.25, -0.2) is 9.88 Å². The highest BCUT2D eigenvalue weighted by molar-refractivity contribution is 6.21. The van der Waals surface area contributed by atoms with Crippen molar-refractivity contribution in [2.24, 2.45) is 0 Å². The normalized spacial score (nSPS) is 18.9. The van der Waals surface area contributed by atoms with E-state index in [1.165, 1.54) is 4.90 Å². The minimum absolute atomic E-state index is 0.169. The molecule has 1 fully saturated rings. The van der Waals surface area contributed by atoms with Crippen LogP contribution in [0, 0.1) is 13.8 Å². The average Bonchev–Trinajstić information content (AvgIpc) is 3.02. The largest absolute Gasteiger partial charge is 0.324 e. The van der Waals surface area contributed by atoms with Gasteiger partial charge in [-0.2, -0.15) is 0 Å². The van der Waals surface area contributed by atoms with Gasteiger partial charge in [-0.3, -0.25) is 9.59 Å². The van der Waals surface area contributed by atoms with Crippen LogP contribution >= 0.6 is 0 Å². The second-order valence-electron chi connectivity index (χ2n) is 5.07. The molecule has 5 heteroatoms. The van der Waals surface area contributed by atoms with Gasteiger partial charge in [-0.1, -0.05) is 6.07 Å². The lowest BCUT2D eigenvalue weighted by molar-refractivity contribution is -0.122. The van der Waals surface area contributed by atoms with E-state index in [2.05, 4.69) is 4.98 Å². The maximum absolute atomic E-state index is 12.5. The number of hydrogen-bond donors (Lipinski definition) is 0. The van der Waals surface area contributed by atoms with Gasteiger partial charge in [-0.05, 0) is 37.1 Å². The van der Waals surface area contributed by atoms with Gasteiger partial charge in [0.1, 0.15) is 6.04 Å². The zero-order valence-corrected chi connectivity index (χ0v) is 11.4. The fourth-order valence-corrected chi connectivity index (χ4v) is 2.44. The summed E-state index contributed by atoms with van der Waals surface area (Å²) < 4.78 is 1.68. The summed E-state index contributed by atoms with van der Waals surface area (Å²) in [6, 6.07) is 5.14. The molecule has 0 unspecified atom stereocenters. The molecule has 102 valence electrons. The van der Waals surface area contributed by atoms with E-state index in [9.17, 15) is 9.59 Å². The Morgan fingerprint density at radius 2 is 2.00 bits per heavy atom. The number of carbonyl (C=O) groups is 2. The molecule has 1 aliphatic rings. The van der Waals surface area contributed by atoms with Crippen molar-refractivity contribution in [3.63, 3.8) is 0 Å². The van der Waals surface area contributed by atoms with Crippen LogP contribution in [0.15, 0.2) is 36.9 Å². The maximum atomic E-state index is 12.5. The van der Waals surface area contributed by atoms with Gasteiger partial charge in [-0.15, -0.1) is 0 Å². The third-order valence-electron chi connectivity index (χ3n) is 3.76. The number of imide groups is 1. The molecular formula is C15H15N3O2. The molecule has 0 bridgehead atoms. The number of aromatic nitrogens is 2. The third kappa shape index (κ3) is 1.91. The monoisotopic (exact) mass is 269 g/mol. The van der Waals surface area contributed by atoms with Gasteiger partial charge >= 0.3 is 0 Å². The summed E-state index contributed by atoms with van der Waals surface area (Å²) in [5.41, 5.74) is 2.85. The lowest BCUT2D eigenvalue weighted by Gasteiger charge is -2.16. The highest BCUT2D eigenvalue weighted by atomic mass is 16.2. The van der Waals surface area contributed by atoms with Gasteiger partial charge in [0.15, 0.2) is 0 Å². The fraction of sp³-hybridized carbons (Fsp3) is 0.267. The molecule has 0 spiro atoms. The van der Waals surface area contributed by atoms with Crippen molar-refractivity contribution in [1.82, 2.24) is 9.55 Å². The van der Waals surface area contributed by atoms with E-state index in [-0.39, 0.29) is 18.2 Å². The summed E-state index contributed by atoms with van der Waals surface area (Å²) in [6.07, 6.45) is 5.07. The minimum Gasteiger partial charge on any atom is -0.324 e. The molecule has 1 aromatic carbocycles.